The van der Waals surface area contributed by atoms with Crippen LogP contribution in [-0.2, 0) is 4.79 Å². The van der Waals surface area contributed by atoms with Crippen molar-refractivity contribution in [2.45, 2.75) is 4.90 Å². The largest absolute Gasteiger partial charge is 0.497 e. The number of para-hydroxylation sites is 1. The number of amidine groups is 1. The summed E-state index contributed by atoms with van der Waals surface area (Å²) < 4.78 is 5.09. The Morgan fingerprint density at radius 2 is 1.89 bits per heavy atom. The van der Waals surface area contributed by atoms with Crippen molar-refractivity contribution in [1.82, 2.24) is 10.4 Å². The predicted molar refractivity (Wildman–Crippen MR) is 108 cm³/mol. The molecule has 2 heterocycles. The average molecular weight is 394 g/mol. The normalized spacial score (nSPS) is 18.5. The minimum absolute atomic E-state index is 0.00554. The highest BCUT2D eigenvalue weighted by Gasteiger charge is 2.38. The number of hydrogen-bond donors (Lipinski definition) is 2. The number of anilines is 1. The number of methoxy groups -OCH3 is 1. The van der Waals surface area contributed by atoms with Crippen molar-refractivity contribution in [2.24, 2.45) is 0 Å². The molecule has 1 saturated heterocycles. The topological polar surface area (TPSA) is 85.7 Å². The minimum atomic E-state index is -0.387. The van der Waals surface area contributed by atoms with E-state index < -0.39 is 0 Å². The number of amides is 1. The van der Waals surface area contributed by atoms with Crippen LogP contribution in [0.3, 0.4) is 0 Å². The molecule has 0 radical (unpaired) electrons. The summed E-state index contributed by atoms with van der Waals surface area (Å²) in [4.78, 5) is 28.1. The molecular formula is C20H18N4O3S. The van der Waals surface area contributed by atoms with Crippen LogP contribution in [0.4, 0.5) is 5.69 Å². The van der Waals surface area contributed by atoms with Gasteiger partial charge in [0.1, 0.15) is 12.3 Å². The van der Waals surface area contributed by atoms with E-state index in [9.17, 15) is 9.59 Å². The molecule has 1 fully saturated rings. The number of Topliss-reactive ketones (excluding diaryl/α,β-unsaturated/α-hetero) is 1. The molecule has 8 heteroatoms. The summed E-state index contributed by atoms with van der Waals surface area (Å²) in [5.74, 6) is 0.0619. The maximum absolute atomic E-state index is 12.6. The summed E-state index contributed by atoms with van der Waals surface area (Å²) in [7, 11) is 3.43. The third-order valence-electron chi connectivity index (χ3n) is 4.63. The smallest absolute Gasteiger partial charge is 0.269 e. The zero-order valence-electron chi connectivity index (χ0n) is 15.4. The Morgan fingerprint density at radius 1 is 1.18 bits per heavy atom. The van der Waals surface area contributed by atoms with Crippen LogP contribution in [0.15, 0.2) is 64.0 Å². The van der Waals surface area contributed by atoms with E-state index in [1.807, 2.05) is 36.2 Å². The summed E-state index contributed by atoms with van der Waals surface area (Å²) in [6, 6.07) is 14.5. The lowest BCUT2D eigenvalue weighted by atomic mass is 10.2. The highest BCUT2D eigenvalue weighted by Crippen LogP contribution is 2.46. The predicted octanol–water partition coefficient (Wildman–Crippen LogP) is 2.66. The molecule has 0 saturated carbocycles. The van der Waals surface area contributed by atoms with Gasteiger partial charge in [0.2, 0.25) is 0 Å². The Bertz CT molecular complexity index is 1020. The Kier molecular flexibility index (Phi) is 4.56. The number of fused-ring (bicyclic) bond motifs is 1. The molecule has 2 aromatic rings. The molecule has 0 spiro atoms. The molecule has 0 aromatic heterocycles. The third kappa shape index (κ3) is 3.01. The second-order valence-corrected chi connectivity index (χ2v) is 7.37. The molecule has 0 atom stereocenters. The van der Waals surface area contributed by atoms with Gasteiger partial charge in [0.25, 0.3) is 5.91 Å². The van der Waals surface area contributed by atoms with Crippen LogP contribution in [0.25, 0.3) is 0 Å². The first kappa shape index (κ1) is 18.1. The van der Waals surface area contributed by atoms with E-state index >= 15 is 0 Å². The second-order valence-electron chi connectivity index (χ2n) is 6.34. The number of carbonyl (C=O) groups excluding carboxylic acids is 2. The van der Waals surface area contributed by atoms with Crippen molar-refractivity contribution < 1.29 is 14.3 Å². The number of carbonyl (C=O) groups is 2. The number of thioether (sulfide) groups is 1. The standard InChI is InChI=1S/C20H18N4O3S/c1-23-14-5-3-4-6-16(14)28-20(23)17-15(25)11-24(18(17)21)22-19(26)12-7-9-13(27-2)10-8-12/h3-10,21H,11H2,1-2H3,(H,22,26)/b20-17-,21-18?. The fourth-order valence-corrected chi connectivity index (χ4v) is 4.35. The van der Waals surface area contributed by atoms with Gasteiger partial charge < -0.3 is 9.64 Å². The van der Waals surface area contributed by atoms with Crippen LogP contribution in [0.2, 0.25) is 0 Å². The lowest BCUT2D eigenvalue weighted by Crippen LogP contribution is -2.43. The first-order valence-corrected chi connectivity index (χ1v) is 9.41. The van der Waals surface area contributed by atoms with Crippen molar-refractivity contribution in [2.75, 3.05) is 25.6 Å². The van der Waals surface area contributed by atoms with Gasteiger partial charge in [-0.05, 0) is 36.4 Å². The van der Waals surface area contributed by atoms with Crippen molar-refractivity contribution in [1.29, 1.82) is 5.41 Å². The summed E-state index contributed by atoms with van der Waals surface area (Å²) in [6.45, 7) is -0.0652. The molecular weight excluding hydrogens is 376 g/mol. The second kappa shape index (κ2) is 7.05. The zero-order valence-corrected chi connectivity index (χ0v) is 16.2. The third-order valence-corrected chi connectivity index (χ3v) is 5.86. The number of nitrogens with zero attached hydrogens (tertiary/aromatic N) is 2. The van der Waals surface area contributed by atoms with E-state index in [2.05, 4.69) is 5.43 Å². The number of nitrogens with one attached hydrogen (secondary N) is 2. The number of ketones is 1. The van der Waals surface area contributed by atoms with Crippen LogP contribution in [-0.4, -0.2) is 43.2 Å². The van der Waals surface area contributed by atoms with E-state index in [0.717, 1.165) is 10.6 Å². The van der Waals surface area contributed by atoms with Gasteiger partial charge in [-0.3, -0.25) is 25.4 Å². The highest BCUT2D eigenvalue weighted by molar-refractivity contribution is 8.03. The van der Waals surface area contributed by atoms with E-state index in [1.165, 1.54) is 16.8 Å². The number of hydrogen-bond acceptors (Lipinski definition) is 6. The molecule has 28 heavy (non-hydrogen) atoms. The van der Waals surface area contributed by atoms with Gasteiger partial charge in [0, 0.05) is 17.5 Å². The Labute approximate surface area is 166 Å². The SMILES string of the molecule is COc1ccc(C(=O)NN2CC(=O)/C(=C3/Sc4ccccc4N3C)C2=N)cc1. The van der Waals surface area contributed by atoms with Crippen LogP contribution in [0, 0.1) is 5.41 Å². The van der Waals surface area contributed by atoms with Gasteiger partial charge in [0.05, 0.1) is 23.4 Å². The quantitative estimate of drug-likeness (QED) is 0.779. The Morgan fingerprint density at radius 3 is 2.57 bits per heavy atom. The Balaban J connectivity index is 1.55. The van der Waals surface area contributed by atoms with Gasteiger partial charge >= 0.3 is 0 Å². The minimum Gasteiger partial charge on any atom is -0.497 e. The monoisotopic (exact) mass is 394 g/mol. The van der Waals surface area contributed by atoms with Crippen molar-refractivity contribution in [3.05, 3.63) is 64.7 Å². The molecule has 1 amide bonds. The number of hydrazine groups is 1. The van der Waals surface area contributed by atoms with Gasteiger partial charge in [-0.2, -0.15) is 0 Å². The molecule has 2 aliphatic heterocycles. The zero-order chi connectivity index (χ0) is 19.8. The van der Waals surface area contributed by atoms with Crippen LogP contribution in [0.5, 0.6) is 5.75 Å². The van der Waals surface area contributed by atoms with Gasteiger partial charge in [-0.25, -0.2) is 0 Å². The van der Waals surface area contributed by atoms with Crippen LogP contribution >= 0.6 is 11.8 Å². The van der Waals surface area contributed by atoms with E-state index in [4.69, 9.17) is 10.1 Å². The molecule has 142 valence electrons. The fraction of sp³-hybridized carbons (Fsp3) is 0.150. The molecule has 0 aliphatic carbocycles. The Hall–Kier alpha value is -3.26. The molecule has 4 rings (SSSR count). The van der Waals surface area contributed by atoms with E-state index in [1.54, 1.807) is 31.4 Å². The van der Waals surface area contributed by atoms with Crippen molar-refractivity contribution in [3.8, 4) is 5.75 Å². The maximum Gasteiger partial charge on any atom is 0.269 e. The van der Waals surface area contributed by atoms with E-state index in [-0.39, 0.29) is 24.1 Å². The molecule has 0 unspecified atom stereocenters. The summed E-state index contributed by atoms with van der Waals surface area (Å²) in [5.41, 5.74) is 4.38. The number of benzene rings is 2. The number of rotatable bonds is 3. The van der Waals surface area contributed by atoms with Crippen molar-refractivity contribution >= 4 is 35.0 Å². The van der Waals surface area contributed by atoms with Crippen molar-refractivity contribution in [3.63, 3.8) is 0 Å². The fourth-order valence-electron chi connectivity index (χ4n) is 3.14. The molecule has 2 aliphatic rings. The maximum atomic E-state index is 12.6. The van der Waals surface area contributed by atoms with Gasteiger partial charge in [-0.1, -0.05) is 23.9 Å². The highest BCUT2D eigenvalue weighted by atomic mass is 32.2. The van der Waals surface area contributed by atoms with E-state index in [0.29, 0.717) is 21.9 Å². The summed E-state index contributed by atoms with van der Waals surface area (Å²) in [5, 5.41) is 10.4. The summed E-state index contributed by atoms with van der Waals surface area (Å²) in [6.07, 6.45) is 0. The molecule has 2 N–H and O–H groups in total. The van der Waals surface area contributed by atoms with Crippen LogP contribution < -0.4 is 15.1 Å². The molecule has 0 bridgehead atoms. The van der Waals surface area contributed by atoms with Gasteiger partial charge in [0.15, 0.2) is 11.6 Å². The lowest BCUT2D eigenvalue weighted by Gasteiger charge is -2.19. The average Bonchev–Trinajstić information content (AvgIpc) is 3.17. The molecule has 7 nitrogen and oxygen atoms in total. The molecule has 2 aromatic carbocycles. The lowest BCUT2D eigenvalue weighted by molar-refractivity contribution is -0.114. The summed E-state index contributed by atoms with van der Waals surface area (Å²) >= 11 is 1.46. The first-order valence-electron chi connectivity index (χ1n) is 8.59. The van der Waals surface area contributed by atoms with Crippen LogP contribution in [0.1, 0.15) is 10.4 Å². The first-order chi connectivity index (χ1) is 13.5. The van der Waals surface area contributed by atoms with Gasteiger partial charge in [-0.15, -0.1) is 0 Å². The number of ether oxygens (including phenoxy) is 1.